The zero-order chi connectivity index (χ0) is 28.3. The number of hydrogen-bond donors (Lipinski definition) is 0. The normalized spacial score (nSPS) is 10.8. The van der Waals surface area contributed by atoms with Crippen LogP contribution in [-0.4, -0.2) is 11.9 Å². The van der Waals surface area contributed by atoms with E-state index in [1.165, 1.54) is 42.0 Å². The summed E-state index contributed by atoms with van der Waals surface area (Å²) in [5.41, 5.74) is 4.23. The van der Waals surface area contributed by atoms with E-state index >= 15 is 0 Å². The molecule has 0 amide bonds. The maximum absolute atomic E-state index is 14.5. The fourth-order valence-corrected chi connectivity index (χ4v) is 4.32. The standard InChI is InChI=1S/C34H32F2O4/c1-24-9-11-25(12-10-24)26-15-19-29(20-16-26)39-33(37)7-5-3-2-4-6-8-34(38)40-30-21-22-31(32(36)23-30)27-13-17-28(35)18-14-27/h9-23H,2-8H2,1H3. The molecule has 4 aromatic rings. The molecule has 0 spiro atoms. The van der Waals surface area contributed by atoms with E-state index < -0.39 is 17.6 Å². The van der Waals surface area contributed by atoms with Crippen LogP contribution in [0.3, 0.4) is 0 Å². The molecule has 0 aromatic heterocycles. The third kappa shape index (κ3) is 8.60. The molecule has 0 saturated heterocycles. The number of unbranched alkanes of at least 4 members (excludes halogenated alkanes) is 4. The first-order valence-corrected chi connectivity index (χ1v) is 13.5. The molecule has 4 nitrogen and oxygen atoms in total. The molecule has 40 heavy (non-hydrogen) atoms. The lowest BCUT2D eigenvalue weighted by Gasteiger charge is -2.08. The molecule has 0 atom stereocenters. The first-order valence-electron chi connectivity index (χ1n) is 13.5. The highest BCUT2D eigenvalue weighted by atomic mass is 19.1. The van der Waals surface area contributed by atoms with Crippen molar-refractivity contribution in [3.05, 3.63) is 108 Å². The van der Waals surface area contributed by atoms with Gasteiger partial charge >= 0.3 is 11.9 Å². The Bertz CT molecular complexity index is 1410. The van der Waals surface area contributed by atoms with Gasteiger partial charge in [-0.3, -0.25) is 9.59 Å². The number of ether oxygens (including phenoxy) is 2. The number of carbonyl (C=O) groups is 2. The summed E-state index contributed by atoms with van der Waals surface area (Å²) in [5, 5.41) is 0. The van der Waals surface area contributed by atoms with Crippen LogP contribution in [0.5, 0.6) is 11.5 Å². The smallest absolute Gasteiger partial charge is 0.311 e. The average Bonchev–Trinajstić information content (AvgIpc) is 2.94. The van der Waals surface area contributed by atoms with Crippen molar-refractivity contribution in [2.75, 3.05) is 0 Å². The van der Waals surface area contributed by atoms with Gasteiger partial charge in [0.05, 0.1) is 0 Å². The van der Waals surface area contributed by atoms with Crippen molar-refractivity contribution in [3.8, 4) is 33.8 Å². The Hall–Kier alpha value is -4.32. The van der Waals surface area contributed by atoms with Crippen LogP contribution in [0.25, 0.3) is 22.3 Å². The molecule has 6 heteroatoms. The van der Waals surface area contributed by atoms with Gasteiger partial charge in [-0.1, -0.05) is 73.4 Å². The summed E-state index contributed by atoms with van der Waals surface area (Å²) in [4.78, 5) is 24.3. The number of halogens is 2. The molecule has 4 aromatic carbocycles. The second-order valence-electron chi connectivity index (χ2n) is 9.75. The number of esters is 2. The van der Waals surface area contributed by atoms with Crippen LogP contribution >= 0.6 is 0 Å². The van der Waals surface area contributed by atoms with E-state index in [4.69, 9.17) is 9.47 Å². The average molecular weight is 543 g/mol. The first-order chi connectivity index (χ1) is 19.4. The minimum Gasteiger partial charge on any atom is -0.427 e. The van der Waals surface area contributed by atoms with Gasteiger partial charge < -0.3 is 9.47 Å². The van der Waals surface area contributed by atoms with Gasteiger partial charge in [-0.15, -0.1) is 0 Å². The number of hydrogen-bond acceptors (Lipinski definition) is 4. The molecule has 206 valence electrons. The third-order valence-corrected chi connectivity index (χ3v) is 6.56. The molecule has 0 fully saturated rings. The Kier molecular flexibility index (Phi) is 10.2. The van der Waals surface area contributed by atoms with Crippen molar-refractivity contribution in [3.63, 3.8) is 0 Å². The highest BCUT2D eigenvalue weighted by Crippen LogP contribution is 2.27. The summed E-state index contributed by atoms with van der Waals surface area (Å²) >= 11 is 0. The van der Waals surface area contributed by atoms with E-state index in [1.54, 1.807) is 12.1 Å². The fraction of sp³-hybridized carbons (Fsp3) is 0.235. The second kappa shape index (κ2) is 14.2. The monoisotopic (exact) mass is 542 g/mol. The molecule has 0 bridgehead atoms. The minimum absolute atomic E-state index is 0.136. The van der Waals surface area contributed by atoms with E-state index in [1.807, 2.05) is 19.1 Å². The van der Waals surface area contributed by atoms with Crippen LogP contribution in [-0.2, 0) is 9.59 Å². The Balaban J connectivity index is 1.08. The predicted octanol–water partition coefficient (Wildman–Crippen LogP) is 8.85. The summed E-state index contributed by atoms with van der Waals surface area (Å²) in [6.45, 7) is 2.05. The van der Waals surface area contributed by atoms with Crippen molar-refractivity contribution < 1.29 is 27.8 Å². The molecule has 0 N–H and O–H groups in total. The van der Waals surface area contributed by atoms with Crippen LogP contribution in [0.2, 0.25) is 0 Å². The largest absolute Gasteiger partial charge is 0.427 e. The van der Waals surface area contributed by atoms with Crippen molar-refractivity contribution in [2.24, 2.45) is 0 Å². The number of benzene rings is 4. The van der Waals surface area contributed by atoms with E-state index in [9.17, 15) is 18.4 Å². The SMILES string of the molecule is Cc1ccc(-c2ccc(OC(=O)CCCCCCCC(=O)Oc3ccc(-c4ccc(F)cc4)c(F)c3)cc2)cc1. The molecule has 0 unspecified atom stereocenters. The zero-order valence-corrected chi connectivity index (χ0v) is 22.5. The van der Waals surface area contributed by atoms with Crippen LogP contribution in [0.4, 0.5) is 8.78 Å². The summed E-state index contributed by atoms with van der Waals surface area (Å²) < 4.78 is 38.3. The lowest BCUT2D eigenvalue weighted by Crippen LogP contribution is -2.08. The second-order valence-corrected chi connectivity index (χ2v) is 9.75. The van der Waals surface area contributed by atoms with Gasteiger partial charge in [0.15, 0.2) is 0 Å². The van der Waals surface area contributed by atoms with Crippen molar-refractivity contribution >= 4 is 11.9 Å². The van der Waals surface area contributed by atoms with Gasteiger partial charge in [0.1, 0.15) is 23.1 Å². The maximum Gasteiger partial charge on any atom is 0.311 e. The minimum atomic E-state index is -0.547. The zero-order valence-electron chi connectivity index (χ0n) is 22.5. The molecular formula is C34H32F2O4. The number of carbonyl (C=O) groups excluding carboxylic acids is 2. The van der Waals surface area contributed by atoms with Crippen LogP contribution in [0.15, 0.2) is 91.0 Å². The van der Waals surface area contributed by atoms with E-state index in [2.05, 4.69) is 24.3 Å². The maximum atomic E-state index is 14.5. The number of aryl methyl sites for hydroxylation is 1. The van der Waals surface area contributed by atoms with E-state index in [0.29, 0.717) is 36.1 Å². The van der Waals surface area contributed by atoms with E-state index in [-0.39, 0.29) is 18.1 Å². The van der Waals surface area contributed by atoms with Gasteiger partial charge in [-0.05, 0) is 72.9 Å². The lowest BCUT2D eigenvalue weighted by atomic mass is 10.0. The van der Waals surface area contributed by atoms with Crippen molar-refractivity contribution in [1.82, 2.24) is 0 Å². The van der Waals surface area contributed by atoms with Gasteiger partial charge in [0, 0.05) is 24.5 Å². The Labute approximate surface area is 233 Å². The molecule has 0 aliphatic heterocycles. The molecule has 4 rings (SSSR count). The van der Waals surface area contributed by atoms with Crippen LogP contribution in [0.1, 0.15) is 50.5 Å². The van der Waals surface area contributed by atoms with Crippen molar-refractivity contribution in [2.45, 2.75) is 51.9 Å². The molecule has 0 radical (unpaired) electrons. The van der Waals surface area contributed by atoms with Crippen LogP contribution in [0, 0.1) is 18.6 Å². The topological polar surface area (TPSA) is 52.6 Å². The summed E-state index contributed by atoms with van der Waals surface area (Å²) in [5.74, 6) is -0.959. The Morgan fingerprint density at radius 1 is 0.575 bits per heavy atom. The summed E-state index contributed by atoms with van der Waals surface area (Å²) in [6, 6.07) is 25.5. The van der Waals surface area contributed by atoms with Crippen molar-refractivity contribution in [1.29, 1.82) is 0 Å². The first kappa shape index (κ1) is 28.7. The summed E-state index contributed by atoms with van der Waals surface area (Å²) in [6.07, 6.45) is 4.47. The summed E-state index contributed by atoms with van der Waals surface area (Å²) in [7, 11) is 0. The lowest BCUT2D eigenvalue weighted by molar-refractivity contribution is -0.135. The molecule has 0 saturated carbocycles. The highest BCUT2D eigenvalue weighted by Gasteiger charge is 2.11. The quantitative estimate of drug-likeness (QED) is 0.102. The van der Waals surface area contributed by atoms with Crippen LogP contribution < -0.4 is 9.47 Å². The molecular weight excluding hydrogens is 510 g/mol. The predicted molar refractivity (Wildman–Crippen MR) is 152 cm³/mol. The van der Waals surface area contributed by atoms with Gasteiger partial charge in [0.25, 0.3) is 0 Å². The number of rotatable bonds is 12. The molecule has 0 aliphatic carbocycles. The van der Waals surface area contributed by atoms with Gasteiger partial charge in [-0.25, -0.2) is 8.78 Å². The van der Waals surface area contributed by atoms with E-state index in [0.717, 1.165) is 36.5 Å². The fourth-order valence-electron chi connectivity index (χ4n) is 4.32. The molecule has 0 aliphatic rings. The Morgan fingerprint density at radius 2 is 1.05 bits per heavy atom. The highest BCUT2D eigenvalue weighted by molar-refractivity contribution is 5.74. The third-order valence-electron chi connectivity index (χ3n) is 6.56. The Morgan fingerprint density at radius 3 is 1.62 bits per heavy atom. The van der Waals surface area contributed by atoms with Gasteiger partial charge in [-0.2, -0.15) is 0 Å². The van der Waals surface area contributed by atoms with Gasteiger partial charge in [0.2, 0.25) is 0 Å². The molecule has 0 heterocycles.